The smallest absolute Gasteiger partial charge is 0.322 e. The molecule has 27 heavy (non-hydrogen) atoms. The molecule has 0 saturated carbocycles. The van der Waals surface area contributed by atoms with Gasteiger partial charge in [-0.05, 0) is 48.6 Å². The summed E-state index contributed by atoms with van der Waals surface area (Å²) in [6, 6.07) is 3.60. The Labute approximate surface area is 161 Å². The number of halogens is 1. The Morgan fingerprint density at radius 1 is 1.37 bits per heavy atom. The van der Waals surface area contributed by atoms with Crippen molar-refractivity contribution in [1.29, 1.82) is 0 Å². The highest BCUT2D eigenvalue weighted by atomic mass is 32.2. The van der Waals surface area contributed by atoms with Gasteiger partial charge in [-0.1, -0.05) is 13.3 Å². The highest BCUT2D eigenvalue weighted by molar-refractivity contribution is 8.04. The number of nitrogens with zero attached hydrogens (tertiary/aromatic N) is 2. The number of imide groups is 1. The number of nitrogens with one attached hydrogen (secondary N) is 1. The Kier molecular flexibility index (Phi) is 5.74. The molecule has 1 unspecified atom stereocenters. The summed E-state index contributed by atoms with van der Waals surface area (Å²) in [5, 5.41) is 3.99. The van der Waals surface area contributed by atoms with Crippen molar-refractivity contribution in [2.24, 2.45) is 0 Å². The van der Waals surface area contributed by atoms with E-state index >= 15 is 0 Å². The predicted molar refractivity (Wildman–Crippen MR) is 102 cm³/mol. The van der Waals surface area contributed by atoms with Gasteiger partial charge < -0.3 is 5.32 Å². The summed E-state index contributed by atoms with van der Waals surface area (Å²) >= 11 is 1.34. The van der Waals surface area contributed by atoms with Crippen molar-refractivity contribution in [1.82, 2.24) is 4.90 Å². The lowest BCUT2D eigenvalue weighted by Crippen LogP contribution is -2.56. The fourth-order valence-corrected chi connectivity index (χ4v) is 4.00. The Morgan fingerprint density at radius 3 is 2.85 bits per heavy atom. The zero-order valence-electron chi connectivity index (χ0n) is 15.2. The van der Waals surface area contributed by atoms with Crippen molar-refractivity contribution in [3.05, 3.63) is 41.1 Å². The molecule has 1 aromatic rings. The minimum atomic E-state index is -0.486. The van der Waals surface area contributed by atoms with Crippen LogP contribution >= 0.6 is 11.8 Å². The van der Waals surface area contributed by atoms with Gasteiger partial charge in [-0.25, -0.2) is 9.18 Å². The van der Waals surface area contributed by atoms with Gasteiger partial charge in [-0.15, -0.1) is 11.8 Å². The van der Waals surface area contributed by atoms with Crippen molar-refractivity contribution >= 4 is 41.0 Å². The van der Waals surface area contributed by atoms with Gasteiger partial charge in [0.1, 0.15) is 11.5 Å². The average Bonchev–Trinajstić information content (AvgIpc) is 3.11. The SMILES string of the molecule is CCCCN1C(=O)C2SC=CC2=[N+](CC(=O)Nc2ccc(F)cc2C)C1=O. The number of fused-ring (bicyclic) bond motifs is 1. The largest absolute Gasteiger partial charge is 0.501 e. The first-order valence-corrected chi connectivity index (χ1v) is 9.74. The lowest BCUT2D eigenvalue weighted by Gasteiger charge is -2.24. The zero-order valence-corrected chi connectivity index (χ0v) is 16.0. The predicted octanol–water partition coefficient (Wildman–Crippen LogP) is 2.92. The normalized spacial score (nSPS) is 18.9. The third-order valence-electron chi connectivity index (χ3n) is 4.49. The van der Waals surface area contributed by atoms with Crippen LogP contribution in [0.3, 0.4) is 0 Å². The molecule has 0 spiro atoms. The third kappa shape index (κ3) is 3.95. The molecule has 1 N–H and O–H groups in total. The Hall–Kier alpha value is -2.48. The molecular formula is C19H21FN3O3S+. The molecule has 142 valence electrons. The first-order chi connectivity index (χ1) is 12.9. The topological polar surface area (TPSA) is 69.5 Å². The molecule has 3 rings (SSSR count). The van der Waals surface area contributed by atoms with Crippen LogP contribution in [0.25, 0.3) is 0 Å². The van der Waals surface area contributed by atoms with E-state index in [4.69, 9.17) is 0 Å². The van der Waals surface area contributed by atoms with E-state index in [9.17, 15) is 18.8 Å². The lowest BCUT2D eigenvalue weighted by atomic mass is 10.1. The summed E-state index contributed by atoms with van der Waals surface area (Å²) in [6.07, 6.45) is 3.28. The molecule has 0 aromatic heterocycles. The van der Waals surface area contributed by atoms with Gasteiger partial charge >= 0.3 is 11.9 Å². The highest BCUT2D eigenvalue weighted by Crippen LogP contribution is 2.28. The molecular weight excluding hydrogens is 369 g/mol. The minimum Gasteiger partial charge on any atom is -0.322 e. The first kappa shape index (κ1) is 19.3. The van der Waals surface area contributed by atoms with Crippen molar-refractivity contribution < 1.29 is 23.3 Å². The van der Waals surface area contributed by atoms with Gasteiger partial charge in [0.25, 0.3) is 5.91 Å². The molecule has 0 radical (unpaired) electrons. The average molecular weight is 390 g/mol. The fraction of sp³-hybridized carbons (Fsp3) is 0.368. The molecule has 8 heteroatoms. The van der Waals surface area contributed by atoms with Crippen molar-refractivity contribution in [2.75, 3.05) is 18.4 Å². The number of rotatable bonds is 6. The van der Waals surface area contributed by atoms with Gasteiger partial charge in [-0.2, -0.15) is 14.3 Å². The number of hydrogen-bond acceptors (Lipinski definition) is 4. The van der Waals surface area contributed by atoms with Crippen LogP contribution < -0.4 is 5.32 Å². The van der Waals surface area contributed by atoms with E-state index in [1.165, 1.54) is 39.4 Å². The number of anilines is 1. The zero-order chi connectivity index (χ0) is 19.6. The van der Waals surface area contributed by atoms with Gasteiger partial charge in [0.2, 0.25) is 0 Å². The van der Waals surface area contributed by atoms with E-state index in [0.717, 1.165) is 6.42 Å². The summed E-state index contributed by atoms with van der Waals surface area (Å²) < 4.78 is 14.6. The van der Waals surface area contributed by atoms with Gasteiger partial charge in [0.15, 0.2) is 11.8 Å². The second-order valence-electron chi connectivity index (χ2n) is 6.46. The third-order valence-corrected chi connectivity index (χ3v) is 5.49. The van der Waals surface area contributed by atoms with Crippen molar-refractivity contribution in [3.63, 3.8) is 0 Å². The standard InChI is InChI=1S/C19H20FN3O3S/c1-3-4-8-22-18(25)17-15(7-9-27-17)23(19(22)26)11-16(24)21-14-6-5-13(20)10-12(14)2/h5-7,9-10,17H,3-4,8,11H2,1-2H3/p+1. The van der Waals surface area contributed by atoms with Crippen molar-refractivity contribution in [3.8, 4) is 0 Å². The molecule has 1 aromatic carbocycles. The fourth-order valence-electron chi connectivity index (χ4n) is 3.03. The summed E-state index contributed by atoms with van der Waals surface area (Å²) in [6.45, 7) is 3.81. The van der Waals surface area contributed by atoms with Crippen LogP contribution in [0.4, 0.5) is 14.9 Å². The molecule has 0 fully saturated rings. The Morgan fingerprint density at radius 2 is 2.15 bits per heavy atom. The molecule has 1 atom stereocenters. The summed E-state index contributed by atoms with van der Waals surface area (Å²) in [5.41, 5.74) is 1.62. The van der Waals surface area contributed by atoms with E-state index in [-0.39, 0.29) is 18.3 Å². The molecule has 0 saturated heterocycles. The van der Waals surface area contributed by atoms with Gasteiger partial charge in [0.05, 0.1) is 6.54 Å². The first-order valence-electron chi connectivity index (χ1n) is 8.80. The monoisotopic (exact) mass is 390 g/mol. The van der Waals surface area contributed by atoms with E-state index in [1.807, 2.05) is 6.92 Å². The van der Waals surface area contributed by atoms with Gasteiger partial charge in [0, 0.05) is 5.69 Å². The van der Waals surface area contributed by atoms with E-state index in [0.29, 0.717) is 29.9 Å². The quantitative estimate of drug-likeness (QED) is 0.759. The molecule has 0 aliphatic carbocycles. The number of thioether (sulfide) groups is 1. The number of hydrogen-bond donors (Lipinski definition) is 1. The number of unbranched alkanes of at least 4 members (excludes halogenated alkanes) is 1. The maximum atomic E-state index is 13.2. The van der Waals surface area contributed by atoms with Crippen LogP contribution in [0, 0.1) is 12.7 Å². The highest BCUT2D eigenvalue weighted by Gasteiger charge is 2.49. The van der Waals surface area contributed by atoms with Crippen LogP contribution in [-0.2, 0) is 9.59 Å². The molecule has 6 nitrogen and oxygen atoms in total. The van der Waals surface area contributed by atoms with Crippen LogP contribution in [0.1, 0.15) is 25.3 Å². The van der Waals surface area contributed by atoms with Crippen molar-refractivity contribution in [2.45, 2.75) is 31.9 Å². The number of urea groups is 1. The molecule has 2 aliphatic heterocycles. The summed E-state index contributed by atoms with van der Waals surface area (Å²) in [7, 11) is 0. The van der Waals surface area contributed by atoms with E-state index in [2.05, 4.69) is 5.32 Å². The van der Waals surface area contributed by atoms with E-state index < -0.39 is 17.2 Å². The number of carbonyl (C=O) groups excluding carboxylic acids is 3. The Bertz CT molecular complexity index is 866. The molecule has 2 aliphatic rings. The number of amides is 4. The van der Waals surface area contributed by atoms with Crippen LogP contribution in [-0.4, -0.2) is 51.4 Å². The molecule has 0 bridgehead atoms. The second-order valence-corrected chi connectivity index (χ2v) is 7.48. The lowest BCUT2D eigenvalue weighted by molar-refractivity contribution is -0.425. The maximum Gasteiger partial charge on any atom is 0.501 e. The minimum absolute atomic E-state index is 0.206. The van der Waals surface area contributed by atoms with Crippen LogP contribution in [0.5, 0.6) is 0 Å². The number of benzene rings is 1. The van der Waals surface area contributed by atoms with Crippen LogP contribution in [0.15, 0.2) is 29.7 Å². The number of allylic oxidation sites excluding steroid dienone is 1. The summed E-state index contributed by atoms with van der Waals surface area (Å²) in [4.78, 5) is 39.1. The second kappa shape index (κ2) is 8.04. The summed E-state index contributed by atoms with van der Waals surface area (Å²) in [5.74, 6) is -1.02. The Balaban J connectivity index is 1.81. The van der Waals surface area contributed by atoms with E-state index in [1.54, 1.807) is 18.4 Å². The number of carbonyl (C=O) groups is 3. The molecule has 2 heterocycles. The molecule has 4 amide bonds. The maximum absolute atomic E-state index is 13.2. The number of aryl methyl sites for hydroxylation is 1. The van der Waals surface area contributed by atoms with Crippen LogP contribution in [0.2, 0.25) is 0 Å². The van der Waals surface area contributed by atoms with Gasteiger partial charge in [-0.3, -0.25) is 4.79 Å².